The highest BCUT2D eigenvalue weighted by molar-refractivity contribution is 5.73. The lowest BCUT2D eigenvalue weighted by Gasteiger charge is -2.70. The van der Waals surface area contributed by atoms with Crippen molar-refractivity contribution in [2.45, 2.75) is 131 Å². The number of fused-ring (bicyclic) bond motifs is 5. The Balaban J connectivity index is 1.51. The second-order valence-electron chi connectivity index (χ2n) is 18.0. The highest BCUT2D eigenvalue weighted by Gasteiger charge is 2.70. The molecule has 0 bridgehead atoms. The van der Waals surface area contributed by atoms with Gasteiger partial charge in [0.2, 0.25) is 0 Å². The fraction of sp³-hybridized carbons (Fsp3) is 0.923. The van der Waals surface area contributed by atoms with Crippen LogP contribution in [0.1, 0.15) is 114 Å². The first-order valence-electron chi connectivity index (χ1n) is 18.5. The van der Waals surface area contributed by atoms with Gasteiger partial charge in [0.25, 0.3) is 0 Å². The van der Waals surface area contributed by atoms with Gasteiger partial charge >= 0.3 is 5.97 Å². The molecule has 5 rings (SSSR count). The predicted molar refractivity (Wildman–Crippen MR) is 183 cm³/mol. The Labute approximate surface area is 280 Å². The molecule has 0 radical (unpaired) electrons. The lowest BCUT2D eigenvalue weighted by atomic mass is 9.34. The summed E-state index contributed by atoms with van der Waals surface area (Å²) < 4.78 is 19.0. The zero-order valence-electron chi connectivity index (χ0n) is 30.8. The van der Waals surface area contributed by atoms with Crippen molar-refractivity contribution in [3.05, 3.63) is 11.6 Å². The number of nitrogens with one attached hydrogen (secondary N) is 1. The summed E-state index contributed by atoms with van der Waals surface area (Å²) in [5, 5.41) is 26.2. The van der Waals surface area contributed by atoms with Crippen LogP contribution in [0.2, 0.25) is 0 Å². The molecule has 46 heavy (non-hydrogen) atoms. The number of carboxylic acid groups (broad SMARTS) is 1. The van der Waals surface area contributed by atoms with Gasteiger partial charge in [-0.05, 0) is 103 Å². The van der Waals surface area contributed by atoms with E-state index in [4.69, 9.17) is 14.2 Å². The SMILES string of the molecule is CCNC1(CO[C@H]2[C@H](OC)C[C@]3(CO)C4=CC[C@@]5(C)[C@H](C(=O)O)[C@@](C)([C@H](C)C(C)C)CC[C@]5(C)[C@H]4CC[C@H]3C2(C)C)CCOCC1. The molecule has 0 aromatic heterocycles. The summed E-state index contributed by atoms with van der Waals surface area (Å²) in [5.41, 5.74) is -0.122. The average Bonchev–Trinajstić information content (AvgIpc) is 3.00. The molecule has 4 fully saturated rings. The molecule has 7 heteroatoms. The zero-order chi connectivity index (χ0) is 33.9. The first kappa shape index (κ1) is 36.3. The van der Waals surface area contributed by atoms with Crippen LogP contribution < -0.4 is 5.32 Å². The number of aliphatic carboxylic acids is 1. The maximum absolute atomic E-state index is 13.3. The molecule has 264 valence electrons. The fourth-order valence-corrected chi connectivity index (χ4v) is 12.4. The Morgan fingerprint density at radius 2 is 1.72 bits per heavy atom. The van der Waals surface area contributed by atoms with Gasteiger partial charge in [-0.1, -0.05) is 74.0 Å². The maximum atomic E-state index is 13.3. The Kier molecular flexibility index (Phi) is 10.0. The molecule has 3 saturated carbocycles. The van der Waals surface area contributed by atoms with Crippen LogP contribution in [0.15, 0.2) is 11.6 Å². The van der Waals surface area contributed by atoms with Gasteiger partial charge in [0.15, 0.2) is 0 Å². The third-order valence-corrected chi connectivity index (χ3v) is 15.6. The van der Waals surface area contributed by atoms with Gasteiger partial charge < -0.3 is 29.7 Å². The highest BCUT2D eigenvalue weighted by Crippen LogP contribution is 2.74. The normalized spacial score (nSPS) is 44.0. The smallest absolute Gasteiger partial charge is 0.307 e. The number of aliphatic hydroxyl groups is 1. The van der Waals surface area contributed by atoms with Crippen LogP contribution in [0.25, 0.3) is 0 Å². The third kappa shape index (κ3) is 5.27. The lowest BCUT2D eigenvalue weighted by molar-refractivity contribution is -0.225. The van der Waals surface area contributed by atoms with Crippen molar-refractivity contribution in [2.24, 2.45) is 56.7 Å². The van der Waals surface area contributed by atoms with Crippen molar-refractivity contribution < 1.29 is 29.2 Å². The van der Waals surface area contributed by atoms with Crippen LogP contribution in [-0.4, -0.2) is 74.0 Å². The molecule has 0 aromatic rings. The summed E-state index contributed by atoms with van der Waals surface area (Å²) in [6, 6.07) is 0. The van der Waals surface area contributed by atoms with Crippen molar-refractivity contribution in [3.8, 4) is 0 Å². The third-order valence-electron chi connectivity index (χ3n) is 15.6. The number of carboxylic acids is 1. The number of hydrogen-bond acceptors (Lipinski definition) is 6. The predicted octanol–water partition coefficient (Wildman–Crippen LogP) is 7.12. The van der Waals surface area contributed by atoms with E-state index >= 15 is 0 Å². The summed E-state index contributed by atoms with van der Waals surface area (Å²) >= 11 is 0. The number of hydrogen-bond donors (Lipinski definition) is 3. The molecule has 0 spiro atoms. The van der Waals surface area contributed by atoms with Crippen molar-refractivity contribution in [3.63, 3.8) is 0 Å². The van der Waals surface area contributed by atoms with Crippen LogP contribution >= 0.6 is 0 Å². The monoisotopic (exact) mass is 645 g/mol. The average molecular weight is 646 g/mol. The van der Waals surface area contributed by atoms with Crippen molar-refractivity contribution in [1.29, 1.82) is 0 Å². The number of carbonyl (C=O) groups is 1. The molecule has 4 aliphatic carbocycles. The van der Waals surface area contributed by atoms with Gasteiger partial charge in [0, 0.05) is 31.3 Å². The maximum Gasteiger partial charge on any atom is 0.307 e. The molecule has 1 saturated heterocycles. The van der Waals surface area contributed by atoms with Crippen LogP contribution in [0, 0.1) is 56.7 Å². The number of rotatable bonds is 10. The quantitative estimate of drug-likeness (QED) is 0.218. The van der Waals surface area contributed by atoms with E-state index in [1.165, 1.54) is 5.57 Å². The Morgan fingerprint density at radius 1 is 1.04 bits per heavy atom. The van der Waals surface area contributed by atoms with Gasteiger partial charge in [-0.25, -0.2) is 0 Å². The zero-order valence-corrected chi connectivity index (χ0v) is 30.8. The minimum absolute atomic E-state index is 0.0846. The molecule has 7 nitrogen and oxygen atoms in total. The number of aliphatic hydroxyl groups excluding tert-OH is 1. The van der Waals surface area contributed by atoms with E-state index in [9.17, 15) is 15.0 Å². The molecule has 1 heterocycles. The van der Waals surface area contributed by atoms with Gasteiger partial charge in [-0.3, -0.25) is 4.79 Å². The largest absolute Gasteiger partial charge is 0.481 e. The van der Waals surface area contributed by atoms with E-state index in [2.05, 4.69) is 73.7 Å². The summed E-state index contributed by atoms with van der Waals surface area (Å²) in [5.74, 6) is 0.174. The minimum atomic E-state index is -0.635. The molecular weight excluding hydrogens is 578 g/mol. The number of methoxy groups -OCH3 is 1. The van der Waals surface area contributed by atoms with Crippen molar-refractivity contribution in [1.82, 2.24) is 5.32 Å². The van der Waals surface area contributed by atoms with Crippen LogP contribution in [-0.2, 0) is 19.0 Å². The molecule has 3 N–H and O–H groups in total. The van der Waals surface area contributed by atoms with E-state index in [-0.39, 0.29) is 57.8 Å². The van der Waals surface area contributed by atoms with Gasteiger partial charge in [0.1, 0.15) is 0 Å². The highest BCUT2D eigenvalue weighted by atomic mass is 16.5. The summed E-state index contributed by atoms with van der Waals surface area (Å²) in [4.78, 5) is 13.3. The van der Waals surface area contributed by atoms with E-state index < -0.39 is 17.3 Å². The summed E-state index contributed by atoms with van der Waals surface area (Å²) in [7, 11) is 1.81. The Morgan fingerprint density at radius 3 is 2.28 bits per heavy atom. The van der Waals surface area contributed by atoms with Crippen molar-refractivity contribution in [2.75, 3.05) is 40.1 Å². The molecular formula is C39H67NO6. The van der Waals surface area contributed by atoms with Crippen LogP contribution in [0.3, 0.4) is 0 Å². The van der Waals surface area contributed by atoms with Gasteiger partial charge in [-0.15, -0.1) is 0 Å². The van der Waals surface area contributed by atoms with E-state index in [0.29, 0.717) is 18.4 Å². The van der Waals surface area contributed by atoms with Crippen LogP contribution in [0.4, 0.5) is 0 Å². The molecule has 1 aliphatic heterocycles. The number of likely N-dealkylation sites (N-methyl/N-ethyl adjacent to an activating group) is 1. The summed E-state index contributed by atoms with van der Waals surface area (Å²) in [6.07, 6.45) is 9.51. The number of ether oxygens (including phenoxy) is 3. The van der Waals surface area contributed by atoms with Gasteiger partial charge in [0.05, 0.1) is 31.3 Å². The van der Waals surface area contributed by atoms with E-state index in [0.717, 1.165) is 71.1 Å². The standard InChI is InChI=1S/C39H67NO6/c1-11-40-38(18-20-45-21-19-38)24-46-32-29(44-10)22-39(23-41)28-14-15-37(9)31(33(42)43)35(7,26(4)25(2)3)16-17-36(37,8)27(28)12-13-30(39)34(32,5)6/h14,25-27,29-32,40-41H,11-13,15-24H2,1-10H3,(H,42,43)/t26-,27+,29-,30+,31-,32+,35-,36-,37+,39+/m1/s1. The first-order chi connectivity index (χ1) is 21.5. The van der Waals surface area contributed by atoms with Crippen molar-refractivity contribution >= 4 is 5.97 Å². The minimum Gasteiger partial charge on any atom is -0.481 e. The second kappa shape index (κ2) is 12.7. The second-order valence-corrected chi connectivity index (χ2v) is 18.0. The topological polar surface area (TPSA) is 97.2 Å². The first-order valence-corrected chi connectivity index (χ1v) is 18.5. The fourth-order valence-electron chi connectivity index (χ4n) is 12.4. The lowest BCUT2D eigenvalue weighted by Crippen LogP contribution is -2.67. The Hall–Kier alpha value is -0.990. The molecule has 0 aromatic carbocycles. The molecule has 10 atom stereocenters. The molecule has 5 aliphatic rings. The Bertz CT molecular complexity index is 1140. The molecule has 0 unspecified atom stereocenters. The van der Waals surface area contributed by atoms with Crippen LogP contribution in [0.5, 0.6) is 0 Å². The van der Waals surface area contributed by atoms with E-state index in [1.54, 1.807) is 7.11 Å². The summed E-state index contributed by atoms with van der Waals surface area (Å²) in [6.45, 7) is 23.7. The number of allylic oxidation sites excluding steroid dienone is 1. The van der Waals surface area contributed by atoms with Gasteiger partial charge in [-0.2, -0.15) is 0 Å². The molecule has 0 amide bonds. The van der Waals surface area contributed by atoms with E-state index in [1.807, 2.05) is 0 Å².